The Bertz CT molecular complexity index is 949. The van der Waals surface area contributed by atoms with Crippen molar-refractivity contribution in [1.82, 2.24) is 19.7 Å². The van der Waals surface area contributed by atoms with E-state index < -0.39 is 0 Å². The van der Waals surface area contributed by atoms with Gasteiger partial charge >= 0.3 is 6.09 Å². The molecule has 4 rings (SSSR count). The van der Waals surface area contributed by atoms with E-state index in [4.69, 9.17) is 4.74 Å². The second-order valence-electron chi connectivity index (χ2n) is 8.05. The predicted molar refractivity (Wildman–Crippen MR) is 123 cm³/mol. The standard InChI is InChI=1S/C22H28BN6O3/c1-3-29-20-19(14-32-22(29)31)12-24-21(26-20)25-16(2)18-6-4-17(5-7-18)13-27-8-10-28(11-9-27)23-15-30/h4-7,12,15-16H,3,8-11,13-14H2,1-2H3,(H,24,25,26)/t16-/m0/s1. The molecular weight excluding hydrogens is 407 g/mol. The Labute approximate surface area is 189 Å². The Kier molecular flexibility index (Phi) is 7.01. The van der Waals surface area contributed by atoms with Gasteiger partial charge in [0.2, 0.25) is 5.95 Å². The van der Waals surface area contributed by atoms with Gasteiger partial charge in [0.25, 0.3) is 7.41 Å². The van der Waals surface area contributed by atoms with Gasteiger partial charge in [-0.1, -0.05) is 24.3 Å². The number of hydrogen-bond donors (Lipinski definition) is 1. The lowest BCUT2D eigenvalue weighted by molar-refractivity contribution is 0.141. The molecule has 1 N–H and O–H groups in total. The van der Waals surface area contributed by atoms with E-state index in [9.17, 15) is 9.59 Å². The van der Waals surface area contributed by atoms with Crippen molar-refractivity contribution in [2.75, 3.05) is 42.9 Å². The Hall–Kier alpha value is -2.98. The number of cyclic esters (lactones) is 1. The molecule has 0 saturated carbocycles. The van der Waals surface area contributed by atoms with E-state index in [2.05, 4.69) is 56.2 Å². The summed E-state index contributed by atoms with van der Waals surface area (Å²) in [6.45, 7) is 9.19. The first kappa shape index (κ1) is 22.2. The minimum Gasteiger partial charge on any atom is -0.444 e. The lowest BCUT2D eigenvalue weighted by Crippen LogP contribution is -2.47. The molecular formula is C22H28BN6O3. The maximum absolute atomic E-state index is 12.0. The van der Waals surface area contributed by atoms with Crippen LogP contribution in [0.25, 0.3) is 0 Å². The second-order valence-corrected chi connectivity index (χ2v) is 8.05. The molecule has 10 heteroatoms. The number of benzene rings is 1. The van der Waals surface area contributed by atoms with Crippen molar-refractivity contribution in [2.45, 2.75) is 33.0 Å². The lowest BCUT2D eigenvalue weighted by atomic mass is 9.93. The highest BCUT2D eigenvalue weighted by molar-refractivity contribution is 6.64. The normalized spacial score (nSPS) is 17.9. The van der Waals surface area contributed by atoms with Crippen LogP contribution >= 0.6 is 0 Å². The van der Waals surface area contributed by atoms with E-state index in [-0.39, 0.29) is 18.7 Å². The number of anilines is 2. The Morgan fingerprint density at radius 2 is 1.97 bits per heavy atom. The maximum Gasteiger partial charge on any atom is 0.415 e. The van der Waals surface area contributed by atoms with Crippen LogP contribution in [0.3, 0.4) is 0 Å². The number of amides is 1. The van der Waals surface area contributed by atoms with Crippen LogP contribution in [0, 0.1) is 0 Å². The molecule has 2 aromatic rings. The molecule has 1 aromatic heterocycles. The summed E-state index contributed by atoms with van der Waals surface area (Å²) >= 11 is 0. The van der Waals surface area contributed by atoms with Crippen LogP contribution < -0.4 is 10.2 Å². The Balaban J connectivity index is 1.35. The third kappa shape index (κ3) is 5.08. The van der Waals surface area contributed by atoms with Gasteiger partial charge in [0.15, 0.2) is 0 Å². The Morgan fingerprint density at radius 1 is 1.22 bits per heavy atom. The highest BCUT2D eigenvalue weighted by atomic mass is 16.6. The molecule has 1 atom stereocenters. The van der Waals surface area contributed by atoms with Crippen LogP contribution in [0.1, 0.15) is 36.6 Å². The third-order valence-corrected chi connectivity index (χ3v) is 5.90. The smallest absolute Gasteiger partial charge is 0.415 e. The summed E-state index contributed by atoms with van der Waals surface area (Å²) in [6.07, 6.45) is 2.19. The predicted octanol–water partition coefficient (Wildman–Crippen LogP) is 2.05. The molecule has 1 fully saturated rings. The van der Waals surface area contributed by atoms with E-state index in [1.165, 1.54) is 10.5 Å². The molecule has 2 aliphatic heterocycles. The van der Waals surface area contributed by atoms with E-state index in [1.807, 2.05) is 6.92 Å². The fraction of sp³-hybridized carbons (Fsp3) is 0.455. The number of piperazine rings is 1. The molecule has 1 saturated heterocycles. The topological polar surface area (TPSA) is 90.9 Å². The first-order valence-corrected chi connectivity index (χ1v) is 11.0. The van der Waals surface area contributed by atoms with Crippen LogP contribution in [0.15, 0.2) is 30.5 Å². The van der Waals surface area contributed by atoms with Crippen molar-refractivity contribution in [1.29, 1.82) is 0 Å². The zero-order chi connectivity index (χ0) is 22.5. The van der Waals surface area contributed by atoms with Crippen molar-refractivity contribution in [3.63, 3.8) is 0 Å². The van der Waals surface area contributed by atoms with E-state index in [0.717, 1.165) is 50.0 Å². The van der Waals surface area contributed by atoms with Gasteiger partial charge in [-0.05, 0) is 25.0 Å². The summed E-state index contributed by atoms with van der Waals surface area (Å²) in [5, 5.41) is 3.34. The van der Waals surface area contributed by atoms with Crippen LogP contribution in [0.5, 0.6) is 0 Å². The fourth-order valence-electron chi connectivity index (χ4n) is 3.99. The zero-order valence-corrected chi connectivity index (χ0v) is 18.5. The highest BCUT2D eigenvalue weighted by Crippen LogP contribution is 2.26. The largest absolute Gasteiger partial charge is 0.444 e. The SMILES string of the molecule is CCN1C(=O)OCc2cnc(N[C@@H](C)c3ccc(CN4CCN([B]C=O)CC4)cc3)nc21. The number of rotatable bonds is 8. The van der Waals surface area contributed by atoms with Crippen molar-refractivity contribution >= 4 is 31.5 Å². The molecule has 0 spiro atoms. The molecule has 167 valence electrons. The fourth-order valence-corrected chi connectivity index (χ4v) is 3.99. The molecule has 1 radical (unpaired) electrons. The number of ether oxygens (including phenoxy) is 1. The van der Waals surface area contributed by atoms with E-state index in [1.54, 1.807) is 13.6 Å². The molecule has 32 heavy (non-hydrogen) atoms. The van der Waals surface area contributed by atoms with E-state index in [0.29, 0.717) is 18.3 Å². The van der Waals surface area contributed by atoms with Crippen LogP contribution in [0.2, 0.25) is 0 Å². The molecule has 2 aliphatic rings. The number of carbonyl (C=O) groups is 2. The van der Waals surface area contributed by atoms with Gasteiger partial charge in [0, 0.05) is 45.5 Å². The van der Waals surface area contributed by atoms with Gasteiger partial charge < -0.3 is 19.7 Å². The number of hydrogen-bond acceptors (Lipinski definition) is 8. The third-order valence-electron chi connectivity index (χ3n) is 5.90. The summed E-state index contributed by atoms with van der Waals surface area (Å²) in [4.78, 5) is 37.5. The molecule has 1 amide bonds. The minimum atomic E-state index is -0.378. The first-order chi connectivity index (χ1) is 15.6. The highest BCUT2D eigenvalue weighted by Gasteiger charge is 2.26. The van der Waals surface area contributed by atoms with Crippen molar-refractivity contribution < 1.29 is 14.3 Å². The van der Waals surface area contributed by atoms with Gasteiger partial charge in [-0.3, -0.25) is 9.80 Å². The first-order valence-electron chi connectivity index (χ1n) is 11.0. The van der Waals surface area contributed by atoms with Crippen molar-refractivity contribution in [3.05, 3.63) is 47.2 Å². The van der Waals surface area contributed by atoms with Crippen molar-refractivity contribution in [3.8, 4) is 0 Å². The van der Waals surface area contributed by atoms with E-state index >= 15 is 0 Å². The van der Waals surface area contributed by atoms with Gasteiger partial charge in [0.05, 0.1) is 17.8 Å². The number of fused-ring (bicyclic) bond motifs is 1. The second kappa shape index (κ2) is 10.1. The number of aromatic nitrogens is 2. The average Bonchev–Trinajstić information content (AvgIpc) is 2.81. The summed E-state index contributed by atoms with van der Waals surface area (Å²) in [7, 11) is 1.62. The molecule has 0 bridgehead atoms. The summed E-state index contributed by atoms with van der Waals surface area (Å²) < 4.78 is 5.15. The Morgan fingerprint density at radius 3 is 2.66 bits per heavy atom. The monoisotopic (exact) mass is 435 g/mol. The van der Waals surface area contributed by atoms with Gasteiger partial charge in [-0.2, -0.15) is 4.98 Å². The maximum atomic E-state index is 12.0. The van der Waals surface area contributed by atoms with Gasteiger partial charge in [-0.15, -0.1) is 0 Å². The molecule has 3 heterocycles. The lowest BCUT2D eigenvalue weighted by Gasteiger charge is -2.33. The number of nitrogens with one attached hydrogen (secondary N) is 1. The average molecular weight is 435 g/mol. The number of carbonyl (C=O) groups excluding carboxylic acids is 2. The summed E-state index contributed by atoms with van der Waals surface area (Å²) in [5.74, 6) is 1.09. The molecule has 1 aromatic carbocycles. The molecule has 9 nitrogen and oxygen atoms in total. The quantitative estimate of drug-likeness (QED) is 0.498. The number of nitrogens with zero attached hydrogens (tertiary/aromatic N) is 5. The van der Waals surface area contributed by atoms with Gasteiger partial charge in [-0.25, -0.2) is 9.78 Å². The van der Waals surface area contributed by atoms with Crippen LogP contribution in [-0.4, -0.2) is 72.1 Å². The van der Waals surface area contributed by atoms with Crippen molar-refractivity contribution in [2.24, 2.45) is 0 Å². The van der Waals surface area contributed by atoms with Crippen LogP contribution in [-0.2, 0) is 22.7 Å². The minimum absolute atomic E-state index is 0.00939. The zero-order valence-electron chi connectivity index (χ0n) is 18.5. The van der Waals surface area contributed by atoms with Gasteiger partial charge in [0.1, 0.15) is 12.4 Å². The molecule has 0 aliphatic carbocycles. The summed E-state index contributed by atoms with van der Waals surface area (Å²) in [5.41, 5.74) is 3.20. The summed E-state index contributed by atoms with van der Waals surface area (Å²) in [6, 6.07) is 8.56. The molecule has 0 unspecified atom stereocenters. The van der Waals surface area contributed by atoms with Crippen LogP contribution in [0.4, 0.5) is 16.6 Å².